The third-order valence-electron chi connectivity index (χ3n) is 1.97. The van der Waals surface area contributed by atoms with Crippen LogP contribution in [0.5, 0.6) is 0 Å². The van der Waals surface area contributed by atoms with E-state index in [1.54, 1.807) is 0 Å². The molecule has 6 heteroatoms. The molecule has 1 aliphatic heterocycles. The van der Waals surface area contributed by atoms with Gasteiger partial charge >= 0.3 is 58.2 Å². The molecule has 0 bridgehead atoms. The van der Waals surface area contributed by atoms with Crippen molar-refractivity contribution in [3.63, 3.8) is 0 Å². The van der Waals surface area contributed by atoms with E-state index in [1.807, 2.05) is 13.0 Å². The summed E-state index contributed by atoms with van der Waals surface area (Å²) in [4.78, 5) is 4.00. The van der Waals surface area contributed by atoms with Crippen LogP contribution in [0, 0.1) is 6.92 Å². The summed E-state index contributed by atoms with van der Waals surface area (Å²) >= 11 is 0. The molecule has 0 saturated carbocycles. The maximum absolute atomic E-state index is 11.1. The summed E-state index contributed by atoms with van der Waals surface area (Å²) < 4.78 is 25.8. The quantitative estimate of drug-likeness (QED) is 0.569. The van der Waals surface area contributed by atoms with Crippen molar-refractivity contribution in [1.29, 1.82) is 0 Å². The van der Waals surface area contributed by atoms with Gasteiger partial charge < -0.3 is 4.72 Å². The summed E-state index contributed by atoms with van der Waals surface area (Å²) in [6.45, 7) is 1.88. The molecule has 1 aromatic rings. The Hall–Kier alpha value is 0.705. The molecule has 4 nitrogen and oxygen atoms in total. The molecule has 0 aromatic carbocycles. The molecule has 0 saturated heterocycles. The fraction of sp³-hybridized carbons (Fsp3) is 0.375. The molecule has 0 unspecified atom stereocenters. The van der Waals surface area contributed by atoms with Gasteiger partial charge in [0.25, 0.3) is 0 Å². The second kappa shape index (κ2) is 4.70. The minimum atomic E-state index is -3.22. The Morgan fingerprint density at radius 3 is 2.93 bits per heavy atom. The topological polar surface area (TPSA) is 61.1 Å². The second-order valence-corrected chi connectivity index (χ2v) is 4.84. The Morgan fingerprint density at radius 1 is 1.50 bits per heavy atom. The molecule has 14 heavy (non-hydrogen) atoms. The second-order valence-electron chi connectivity index (χ2n) is 3.08. The van der Waals surface area contributed by atoms with Crippen LogP contribution in [0.4, 0.5) is 5.69 Å². The van der Waals surface area contributed by atoms with Gasteiger partial charge in [-0.3, -0.25) is 4.98 Å². The third kappa shape index (κ3) is 2.85. The first-order chi connectivity index (χ1) is 6.07. The monoisotopic (exact) mass is 282 g/mol. The van der Waals surface area contributed by atoms with E-state index in [0.717, 1.165) is 11.3 Å². The molecule has 0 spiro atoms. The zero-order valence-corrected chi connectivity index (χ0v) is 13.9. The van der Waals surface area contributed by atoms with Crippen LogP contribution in [-0.4, -0.2) is 19.2 Å². The van der Waals surface area contributed by atoms with Crippen molar-refractivity contribution in [2.45, 2.75) is 13.3 Å². The van der Waals surface area contributed by atoms with E-state index in [0.29, 0.717) is 12.1 Å². The van der Waals surface area contributed by atoms with E-state index in [1.165, 1.54) is 6.20 Å². The molecule has 0 amide bonds. The van der Waals surface area contributed by atoms with Crippen molar-refractivity contribution in [1.82, 2.24) is 4.98 Å². The number of sulfonamides is 1. The number of hydrogen-bond acceptors (Lipinski definition) is 3. The Labute approximate surface area is 132 Å². The first-order valence-corrected chi connectivity index (χ1v) is 5.59. The molecule has 0 atom stereocenters. The number of hydrogen-bond donors (Lipinski definition) is 0. The van der Waals surface area contributed by atoms with Crippen LogP contribution >= 0.6 is 0 Å². The predicted octanol–water partition coefficient (Wildman–Crippen LogP) is -1.71. The molecular weight excluding hydrogens is 274 g/mol. The number of pyridine rings is 1. The fourth-order valence-electron chi connectivity index (χ4n) is 1.33. The Morgan fingerprint density at radius 2 is 2.21 bits per heavy atom. The van der Waals surface area contributed by atoms with Crippen LogP contribution in [0.15, 0.2) is 12.3 Å². The third-order valence-corrected chi connectivity index (χ3v) is 3.16. The summed E-state index contributed by atoms with van der Waals surface area (Å²) in [6.07, 6.45) is 2.06. The van der Waals surface area contributed by atoms with Crippen molar-refractivity contribution >= 4 is 15.7 Å². The minimum Gasteiger partial charge on any atom is -0.575 e. The van der Waals surface area contributed by atoms with E-state index in [-0.39, 0.29) is 63.9 Å². The SMILES string of the molecule is Cc1cc2c(cn1)[N-]S(=O)(=O)CC2.[Rb+]. The van der Waals surface area contributed by atoms with Crippen molar-refractivity contribution in [2.24, 2.45) is 0 Å². The number of nitrogens with zero attached hydrogens (tertiary/aromatic N) is 2. The predicted molar refractivity (Wildman–Crippen MR) is 49.5 cm³/mol. The largest absolute Gasteiger partial charge is 1.00 e. The van der Waals surface area contributed by atoms with Crippen molar-refractivity contribution < 1.29 is 66.6 Å². The van der Waals surface area contributed by atoms with E-state index in [4.69, 9.17) is 0 Å². The molecule has 1 aliphatic rings. The van der Waals surface area contributed by atoms with Crippen LogP contribution in [-0.2, 0) is 16.4 Å². The van der Waals surface area contributed by atoms with E-state index in [2.05, 4.69) is 9.71 Å². The van der Waals surface area contributed by atoms with Gasteiger partial charge in [0.15, 0.2) is 0 Å². The van der Waals surface area contributed by atoms with Crippen LogP contribution in [0.25, 0.3) is 4.72 Å². The van der Waals surface area contributed by atoms with E-state index < -0.39 is 10.0 Å². The van der Waals surface area contributed by atoms with E-state index in [9.17, 15) is 8.42 Å². The van der Waals surface area contributed by atoms with Gasteiger partial charge in [0.1, 0.15) is 0 Å². The van der Waals surface area contributed by atoms with Crippen LogP contribution in [0.1, 0.15) is 11.3 Å². The van der Waals surface area contributed by atoms with Crippen molar-refractivity contribution in [3.8, 4) is 0 Å². The maximum atomic E-state index is 11.1. The first kappa shape index (κ1) is 12.8. The summed E-state index contributed by atoms with van der Waals surface area (Å²) in [5.74, 6) is 0.115. The molecule has 70 valence electrons. The van der Waals surface area contributed by atoms with E-state index >= 15 is 0 Å². The van der Waals surface area contributed by atoms with Crippen LogP contribution < -0.4 is 58.2 Å². The van der Waals surface area contributed by atoms with Gasteiger partial charge in [-0.1, -0.05) is 5.56 Å². The molecule has 0 aliphatic carbocycles. The molecule has 2 rings (SSSR count). The first-order valence-electron chi connectivity index (χ1n) is 3.98. The molecular formula is C8H9N2O2RbS. The normalized spacial score (nSPS) is 17.5. The molecule has 2 heterocycles. The standard InChI is InChI=1S/C8H9N2O2S.Rb/c1-6-4-7-2-3-13(11,12)10-8(7)5-9-6;/h4-5H,2-3H2,1H3;/q-1;+1. The van der Waals surface area contributed by atoms with Gasteiger partial charge in [-0.15, -0.1) is 5.69 Å². The summed E-state index contributed by atoms with van der Waals surface area (Å²) in [5.41, 5.74) is 2.37. The molecule has 0 N–H and O–H groups in total. The van der Waals surface area contributed by atoms with Gasteiger partial charge in [-0.25, -0.2) is 8.42 Å². The smallest absolute Gasteiger partial charge is 0.575 e. The number of rotatable bonds is 0. The summed E-state index contributed by atoms with van der Waals surface area (Å²) in [5, 5.41) is 0. The number of aromatic nitrogens is 1. The number of aryl methyl sites for hydroxylation is 2. The van der Waals surface area contributed by atoms with Crippen LogP contribution in [0.3, 0.4) is 0 Å². The minimum absolute atomic E-state index is 0. The zero-order valence-electron chi connectivity index (χ0n) is 8.19. The average molecular weight is 283 g/mol. The van der Waals surface area contributed by atoms with Gasteiger partial charge in [0.05, 0.1) is 10.0 Å². The van der Waals surface area contributed by atoms with Gasteiger partial charge in [0, 0.05) is 17.6 Å². The molecule has 0 fully saturated rings. The number of fused-ring (bicyclic) bond motifs is 1. The fourth-order valence-corrected chi connectivity index (χ4v) is 2.36. The Bertz CT molecular complexity index is 445. The van der Waals surface area contributed by atoms with Gasteiger partial charge in [-0.2, -0.15) is 0 Å². The zero-order chi connectivity index (χ0) is 9.47. The van der Waals surface area contributed by atoms with Gasteiger partial charge in [0.2, 0.25) is 0 Å². The maximum Gasteiger partial charge on any atom is 1.00 e. The molecule has 0 radical (unpaired) electrons. The van der Waals surface area contributed by atoms with Crippen molar-refractivity contribution in [3.05, 3.63) is 28.2 Å². The van der Waals surface area contributed by atoms with Gasteiger partial charge in [-0.05, 0) is 19.4 Å². The Kier molecular flexibility index (Phi) is 4.28. The van der Waals surface area contributed by atoms with Crippen molar-refractivity contribution in [2.75, 3.05) is 5.75 Å². The Balaban J connectivity index is 0.000000980. The summed E-state index contributed by atoms with van der Waals surface area (Å²) in [7, 11) is -3.22. The average Bonchev–Trinajstić information content (AvgIpc) is 2.05. The van der Waals surface area contributed by atoms with Crippen LogP contribution in [0.2, 0.25) is 0 Å². The molecule has 1 aromatic heterocycles. The summed E-state index contributed by atoms with van der Waals surface area (Å²) in [6, 6.07) is 1.88.